The van der Waals surface area contributed by atoms with Crippen molar-refractivity contribution in [2.45, 2.75) is 24.6 Å². The smallest absolute Gasteiger partial charge is 0.376 e. The molecular weight excluding hydrogens is 381 g/mol. The number of halogens is 4. The second-order valence-electron chi connectivity index (χ2n) is 6.71. The Hall–Kier alpha value is -2.54. The summed E-state index contributed by atoms with van der Waals surface area (Å²) in [6.45, 7) is 0. The van der Waals surface area contributed by atoms with Gasteiger partial charge in [-0.25, -0.2) is 0 Å². The summed E-state index contributed by atoms with van der Waals surface area (Å²) < 4.78 is 40.6. The van der Waals surface area contributed by atoms with Gasteiger partial charge in [-0.1, -0.05) is 35.9 Å². The predicted molar refractivity (Wildman–Crippen MR) is 95.9 cm³/mol. The molecule has 1 aliphatic heterocycles. The van der Waals surface area contributed by atoms with E-state index < -0.39 is 22.6 Å². The lowest BCUT2D eigenvalue weighted by Gasteiger charge is -2.39. The van der Waals surface area contributed by atoms with E-state index in [0.29, 0.717) is 6.42 Å². The summed E-state index contributed by atoms with van der Waals surface area (Å²) in [5.74, 6) is -0.546. The highest BCUT2D eigenvalue weighted by molar-refractivity contribution is 6.33. The van der Waals surface area contributed by atoms with Gasteiger partial charge in [0.1, 0.15) is 0 Å². The van der Waals surface area contributed by atoms with Crippen LogP contribution in [0.5, 0.6) is 0 Å². The van der Waals surface area contributed by atoms with E-state index in [1.54, 1.807) is 18.2 Å². The molecule has 0 bridgehead atoms. The van der Waals surface area contributed by atoms with Crippen molar-refractivity contribution in [2.24, 2.45) is 5.92 Å². The molecule has 2 aromatic rings. The molecule has 0 aromatic heterocycles. The third-order valence-corrected chi connectivity index (χ3v) is 5.55. The first-order chi connectivity index (χ1) is 12.8. The highest BCUT2D eigenvalue weighted by Gasteiger charge is 2.44. The average molecular weight is 395 g/mol. The number of allylic oxidation sites excluding steroid dienone is 2. The SMILES string of the molecule is O=[N+]([O-])c1ccc([C@@H]2Nc3c(Cl)ccc(C(F)(F)F)c3[C@H]3C=CC[C@H]32)cc1. The maximum absolute atomic E-state index is 13.5. The molecule has 0 fully saturated rings. The number of hydrogen-bond donors (Lipinski definition) is 1. The zero-order valence-corrected chi connectivity index (χ0v) is 14.6. The molecule has 0 unspecified atom stereocenters. The fourth-order valence-corrected chi connectivity index (χ4v) is 4.27. The van der Waals surface area contributed by atoms with Crippen LogP contribution in [0.1, 0.15) is 35.1 Å². The van der Waals surface area contributed by atoms with Crippen LogP contribution in [0.2, 0.25) is 5.02 Å². The van der Waals surface area contributed by atoms with Crippen LogP contribution < -0.4 is 5.32 Å². The van der Waals surface area contributed by atoms with Gasteiger partial charge in [0, 0.05) is 18.1 Å². The lowest BCUT2D eigenvalue weighted by atomic mass is 9.75. The van der Waals surface area contributed by atoms with Gasteiger partial charge in [-0.15, -0.1) is 0 Å². The molecule has 0 radical (unpaired) electrons. The Balaban J connectivity index is 1.82. The molecule has 4 nitrogen and oxygen atoms in total. The number of nitrogens with zero attached hydrogens (tertiary/aromatic N) is 1. The van der Waals surface area contributed by atoms with Gasteiger partial charge < -0.3 is 5.32 Å². The van der Waals surface area contributed by atoms with Crippen LogP contribution in [-0.2, 0) is 6.18 Å². The van der Waals surface area contributed by atoms with Crippen molar-refractivity contribution in [1.29, 1.82) is 0 Å². The molecule has 3 atom stereocenters. The van der Waals surface area contributed by atoms with E-state index in [4.69, 9.17) is 11.6 Å². The van der Waals surface area contributed by atoms with Crippen LogP contribution in [0.15, 0.2) is 48.6 Å². The topological polar surface area (TPSA) is 55.2 Å². The van der Waals surface area contributed by atoms with Crippen molar-refractivity contribution in [3.8, 4) is 0 Å². The van der Waals surface area contributed by atoms with Gasteiger partial charge in [0.25, 0.3) is 5.69 Å². The highest BCUT2D eigenvalue weighted by Crippen LogP contribution is 2.54. The van der Waals surface area contributed by atoms with Crippen molar-refractivity contribution < 1.29 is 18.1 Å². The maximum atomic E-state index is 13.5. The van der Waals surface area contributed by atoms with E-state index >= 15 is 0 Å². The molecule has 0 saturated carbocycles. The molecule has 1 aliphatic carbocycles. The minimum absolute atomic E-state index is 0.0338. The second-order valence-corrected chi connectivity index (χ2v) is 7.11. The summed E-state index contributed by atoms with van der Waals surface area (Å²) >= 11 is 6.23. The number of nitro benzene ring substituents is 1. The van der Waals surface area contributed by atoms with Crippen molar-refractivity contribution in [2.75, 3.05) is 5.32 Å². The van der Waals surface area contributed by atoms with Gasteiger partial charge >= 0.3 is 6.18 Å². The van der Waals surface area contributed by atoms with Crippen molar-refractivity contribution >= 4 is 23.0 Å². The van der Waals surface area contributed by atoms with Gasteiger partial charge in [-0.05, 0) is 35.6 Å². The Labute approximate surface area is 157 Å². The lowest BCUT2D eigenvalue weighted by molar-refractivity contribution is -0.384. The molecule has 0 spiro atoms. The van der Waals surface area contributed by atoms with E-state index in [9.17, 15) is 23.3 Å². The molecule has 140 valence electrons. The van der Waals surface area contributed by atoms with Crippen molar-refractivity contribution in [3.63, 3.8) is 0 Å². The van der Waals surface area contributed by atoms with E-state index in [0.717, 1.165) is 11.6 Å². The molecule has 1 N–H and O–H groups in total. The van der Waals surface area contributed by atoms with Gasteiger partial charge in [0.15, 0.2) is 0 Å². The van der Waals surface area contributed by atoms with Crippen LogP contribution in [0, 0.1) is 16.0 Å². The number of hydrogen-bond acceptors (Lipinski definition) is 3. The summed E-state index contributed by atoms with van der Waals surface area (Å²) in [5, 5.41) is 14.3. The summed E-state index contributed by atoms with van der Waals surface area (Å²) in [4.78, 5) is 10.4. The Bertz CT molecular complexity index is 941. The fraction of sp³-hybridized carbons (Fsp3) is 0.263. The van der Waals surface area contributed by atoms with Gasteiger partial charge in [0.2, 0.25) is 0 Å². The molecule has 0 saturated heterocycles. The molecule has 27 heavy (non-hydrogen) atoms. The predicted octanol–water partition coefficient (Wildman–Crippen LogP) is 6.09. The summed E-state index contributed by atoms with van der Waals surface area (Å²) in [6, 6.07) is 8.06. The van der Waals surface area contributed by atoms with E-state index in [1.165, 1.54) is 18.2 Å². The Morgan fingerprint density at radius 2 is 1.85 bits per heavy atom. The van der Waals surface area contributed by atoms with Gasteiger partial charge in [0.05, 0.1) is 27.2 Å². The van der Waals surface area contributed by atoms with Crippen LogP contribution in [-0.4, -0.2) is 4.92 Å². The number of fused-ring (bicyclic) bond motifs is 3. The lowest BCUT2D eigenvalue weighted by Crippen LogP contribution is -2.31. The van der Waals surface area contributed by atoms with Crippen LogP contribution in [0.4, 0.5) is 24.5 Å². The largest absolute Gasteiger partial charge is 0.416 e. The number of alkyl halides is 3. The third kappa shape index (κ3) is 2.96. The first-order valence-electron chi connectivity index (χ1n) is 8.34. The highest BCUT2D eigenvalue weighted by atomic mass is 35.5. The number of non-ortho nitro benzene ring substituents is 1. The Kier molecular flexibility index (Phi) is 4.14. The second kappa shape index (κ2) is 6.27. The van der Waals surface area contributed by atoms with Crippen molar-refractivity contribution in [1.82, 2.24) is 0 Å². The number of rotatable bonds is 2. The van der Waals surface area contributed by atoms with E-state index in [1.807, 2.05) is 6.08 Å². The first-order valence-corrected chi connectivity index (χ1v) is 8.72. The minimum atomic E-state index is -4.47. The molecule has 4 rings (SSSR count). The number of nitro groups is 1. The van der Waals surface area contributed by atoms with Crippen LogP contribution in [0.3, 0.4) is 0 Å². The normalized spacial score (nSPS) is 23.5. The summed E-state index contributed by atoms with van der Waals surface area (Å²) in [6.07, 6.45) is -0.181. The molecular formula is C19H14ClF3N2O2. The fourth-order valence-electron chi connectivity index (χ4n) is 4.05. The van der Waals surface area contributed by atoms with Gasteiger partial charge in [-0.2, -0.15) is 13.2 Å². The molecule has 2 aromatic carbocycles. The monoisotopic (exact) mass is 394 g/mol. The standard InChI is InChI=1S/C19H14ClF3N2O2/c20-15-9-8-14(19(21,22)23)16-12-2-1-3-13(12)17(24-18(15)16)10-4-6-11(7-5-10)25(26)27/h1-2,4-9,12-13,17,24H,3H2/t12-,13+,17-/m0/s1. The molecule has 1 heterocycles. The van der Waals surface area contributed by atoms with Crippen molar-refractivity contribution in [3.05, 3.63) is 80.4 Å². The van der Waals surface area contributed by atoms with E-state index in [-0.39, 0.29) is 33.9 Å². The maximum Gasteiger partial charge on any atom is 0.416 e. The molecule has 2 aliphatic rings. The average Bonchev–Trinajstić information content (AvgIpc) is 3.10. The molecule has 0 amide bonds. The molecule has 8 heteroatoms. The minimum Gasteiger partial charge on any atom is -0.376 e. The zero-order valence-electron chi connectivity index (χ0n) is 13.8. The summed E-state index contributed by atoms with van der Waals surface area (Å²) in [5.41, 5.74) is 0.513. The summed E-state index contributed by atoms with van der Waals surface area (Å²) in [7, 11) is 0. The zero-order chi connectivity index (χ0) is 19.3. The Morgan fingerprint density at radius 3 is 2.48 bits per heavy atom. The van der Waals surface area contributed by atoms with Crippen LogP contribution >= 0.6 is 11.6 Å². The van der Waals surface area contributed by atoms with Crippen LogP contribution in [0.25, 0.3) is 0 Å². The number of benzene rings is 2. The Morgan fingerprint density at radius 1 is 1.15 bits per heavy atom. The quantitative estimate of drug-likeness (QED) is 0.380. The first kappa shape index (κ1) is 17.9. The van der Waals surface area contributed by atoms with Gasteiger partial charge in [-0.3, -0.25) is 10.1 Å². The third-order valence-electron chi connectivity index (χ3n) is 5.24. The number of nitrogens with one attached hydrogen (secondary N) is 1. The number of anilines is 1. The van der Waals surface area contributed by atoms with E-state index in [2.05, 4.69) is 5.32 Å².